The van der Waals surface area contributed by atoms with E-state index in [2.05, 4.69) is 43.7 Å². The fourth-order valence-electron chi connectivity index (χ4n) is 2.78. The van der Waals surface area contributed by atoms with Gasteiger partial charge in [-0.3, -0.25) is 15.0 Å². The highest BCUT2D eigenvalue weighted by Gasteiger charge is 2.20. The minimum Gasteiger partial charge on any atom is -0.467 e. The van der Waals surface area contributed by atoms with Crippen LogP contribution in [0.1, 0.15) is 22.7 Å². The van der Waals surface area contributed by atoms with E-state index < -0.39 is 0 Å². The van der Waals surface area contributed by atoms with Crippen LogP contribution in [0, 0.1) is 13.8 Å². The SMILES string of the molecule is Cc1cc(C2=NNC(=NCc3ccco3)SC2)c(C)n1-c1ncn[nH]1. The number of rotatable bonds is 4. The number of furan rings is 1. The van der Waals surface area contributed by atoms with Crippen LogP contribution in [0.25, 0.3) is 5.95 Å². The zero-order valence-corrected chi connectivity index (χ0v) is 14.7. The van der Waals surface area contributed by atoms with Crippen LogP contribution in [0.4, 0.5) is 0 Å². The molecule has 0 saturated carbocycles. The molecule has 0 bridgehead atoms. The first-order valence-electron chi connectivity index (χ1n) is 7.79. The lowest BCUT2D eigenvalue weighted by atomic mass is 10.1. The summed E-state index contributed by atoms with van der Waals surface area (Å²) in [7, 11) is 0. The van der Waals surface area contributed by atoms with E-state index in [9.17, 15) is 0 Å². The Kier molecular flexibility index (Phi) is 4.14. The number of aliphatic imine (C=N–C) groups is 1. The number of aromatic nitrogens is 4. The lowest BCUT2D eigenvalue weighted by Gasteiger charge is -2.15. The molecule has 0 fully saturated rings. The average Bonchev–Trinajstić information content (AvgIpc) is 3.36. The van der Waals surface area contributed by atoms with E-state index in [4.69, 9.17) is 4.42 Å². The Morgan fingerprint density at radius 3 is 3.00 bits per heavy atom. The van der Waals surface area contributed by atoms with E-state index in [-0.39, 0.29) is 0 Å². The molecule has 0 radical (unpaired) electrons. The van der Waals surface area contributed by atoms with Gasteiger partial charge in [0.15, 0.2) is 5.17 Å². The molecule has 9 heteroatoms. The standard InChI is InChI=1S/C16H17N7OS/c1-10-6-13(11(2)23(10)15-18-9-19-21-15)14-8-25-16(22-20-14)17-7-12-4-3-5-24-12/h3-6,9H,7-8H2,1-2H3,(H,17,22)(H,18,19,21). The highest BCUT2D eigenvalue weighted by molar-refractivity contribution is 8.14. The highest BCUT2D eigenvalue weighted by atomic mass is 32.2. The quantitative estimate of drug-likeness (QED) is 0.749. The molecule has 25 heavy (non-hydrogen) atoms. The molecule has 1 aliphatic rings. The van der Waals surface area contributed by atoms with Crippen molar-refractivity contribution >= 4 is 22.6 Å². The van der Waals surface area contributed by atoms with Gasteiger partial charge in [0.05, 0.1) is 18.5 Å². The number of hydrazone groups is 1. The van der Waals surface area contributed by atoms with Crippen molar-refractivity contribution in [3.63, 3.8) is 0 Å². The van der Waals surface area contributed by atoms with Crippen molar-refractivity contribution in [2.24, 2.45) is 10.1 Å². The number of aromatic amines is 1. The van der Waals surface area contributed by atoms with E-state index in [0.717, 1.165) is 39.3 Å². The van der Waals surface area contributed by atoms with E-state index in [1.165, 1.54) is 6.33 Å². The van der Waals surface area contributed by atoms with Crippen molar-refractivity contribution in [2.75, 3.05) is 5.75 Å². The summed E-state index contributed by atoms with van der Waals surface area (Å²) in [5.74, 6) is 2.30. The molecule has 2 N–H and O–H groups in total. The number of nitrogens with zero attached hydrogens (tertiary/aromatic N) is 5. The molecule has 0 unspecified atom stereocenters. The minimum atomic E-state index is 0.507. The molecule has 4 heterocycles. The second kappa shape index (κ2) is 6.60. The third-order valence-electron chi connectivity index (χ3n) is 3.95. The Bertz CT molecular complexity index is 922. The monoisotopic (exact) mass is 355 g/mol. The molecule has 0 aromatic carbocycles. The number of hydrogen-bond donors (Lipinski definition) is 2. The summed E-state index contributed by atoms with van der Waals surface area (Å²) in [4.78, 5) is 8.71. The molecule has 3 aromatic rings. The van der Waals surface area contributed by atoms with E-state index in [1.54, 1.807) is 18.0 Å². The van der Waals surface area contributed by atoms with Crippen LogP contribution < -0.4 is 5.43 Å². The van der Waals surface area contributed by atoms with Gasteiger partial charge in [-0.05, 0) is 32.0 Å². The maximum absolute atomic E-state index is 5.29. The lowest BCUT2D eigenvalue weighted by Crippen LogP contribution is -2.25. The second-order valence-electron chi connectivity index (χ2n) is 5.59. The van der Waals surface area contributed by atoms with Crippen molar-refractivity contribution in [3.8, 4) is 5.95 Å². The molecule has 128 valence electrons. The Morgan fingerprint density at radius 2 is 2.32 bits per heavy atom. The molecule has 3 aromatic heterocycles. The number of thioether (sulfide) groups is 1. The largest absolute Gasteiger partial charge is 0.467 e. The van der Waals surface area contributed by atoms with Crippen molar-refractivity contribution in [2.45, 2.75) is 20.4 Å². The van der Waals surface area contributed by atoms with Crippen molar-refractivity contribution in [3.05, 3.63) is 53.5 Å². The first kappa shape index (κ1) is 15.7. The van der Waals surface area contributed by atoms with Gasteiger partial charge in [-0.2, -0.15) is 15.2 Å². The first-order valence-corrected chi connectivity index (χ1v) is 8.78. The molecular formula is C16H17N7OS. The summed E-state index contributed by atoms with van der Waals surface area (Å²) in [6, 6.07) is 5.88. The van der Waals surface area contributed by atoms with Crippen LogP contribution in [-0.4, -0.2) is 36.4 Å². The van der Waals surface area contributed by atoms with Crippen LogP contribution in [0.15, 0.2) is 45.3 Å². The Hall–Kier alpha value is -2.81. The lowest BCUT2D eigenvalue weighted by molar-refractivity contribution is 0.512. The van der Waals surface area contributed by atoms with Crippen LogP contribution in [0.2, 0.25) is 0 Å². The van der Waals surface area contributed by atoms with Gasteiger partial charge in [0.2, 0.25) is 5.95 Å². The molecule has 8 nitrogen and oxygen atoms in total. The third kappa shape index (κ3) is 3.10. The summed E-state index contributed by atoms with van der Waals surface area (Å²) >= 11 is 1.63. The molecular weight excluding hydrogens is 338 g/mol. The van der Waals surface area contributed by atoms with Gasteiger partial charge in [-0.1, -0.05) is 11.8 Å². The van der Waals surface area contributed by atoms with Gasteiger partial charge >= 0.3 is 0 Å². The Morgan fingerprint density at radius 1 is 1.40 bits per heavy atom. The maximum atomic E-state index is 5.29. The Balaban J connectivity index is 1.54. The summed E-state index contributed by atoms with van der Waals surface area (Å²) in [5, 5.41) is 12.1. The van der Waals surface area contributed by atoms with E-state index >= 15 is 0 Å². The number of aryl methyl sites for hydroxylation is 1. The molecule has 0 spiro atoms. The fraction of sp³-hybridized carbons (Fsp3) is 0.250. The van der Waals surface area contributed by atoms with Crippen molar-refractivity contribution in [1.29, 1.82) is 0 Å². The predicted molar refractivity (Wildman–Crippen MR) is 97.2 cm³/mol. The summed E-state index contributed by atoms with van der Waals surface area (Å²) in [6.45, 7) is 4.60. The zero-order chi connectivity index (χ0) is 17.2. The maximum Gasteiger partial charge on any atom is 0.229 e. The van der Waals surface area contributed by atoms with E-state index in [1.807, 2.05) is 23.6 Å². The number of hydrogen-bond acceptors (Lipinski definition) is 6. The third-order valence-corrected chi connectivity index (χ3v) is 4.86. The summed E-state index contributed by atoms with van der Waals surface area (Å²) < 4.78 is 7.32. The van der Waals surface area contributed by atoms with Crippen LogP contribution in [0.3, 0.4) is 0 Å². The molecule has 4 rings (SSSR count). The van der Waals surface area contributed by atoms with Crippen LogP contribution >= 0.6 is 11.8 Å². The topological polar surface area (TPSA) is 96.4 Å². The second-order valence-corrected chi connectivity index (χ2v) is 6.55. The summed E-state index contributed by atoms with van der Waals surface area (Å²) in [6.07, 6.45) is 3.16. The molecule has 1 aliphatic heterocycles. The van der Waals surface area contributed by atoms with Crippen molar-refractivity contribution in [1.82, 2.24) is 25.2 Å². The van der Waals surface area contributed by atoms with Crippen LogP contribution in [-0.2, 0) is 6.54 Å². The smallest absolute Gasteiger partial charge is 0.229 e. The number of amidine groups is 1. The van der Waals surface area contributed by atoms with Gasteiger partial charge in [0, 0.05) is 22.7 Å². The average molecular weight is 355 g/mol. The Labute approximate surface area is 148 Å². The highest BCUT2D eigenvalue weighted by Crippen LogP contribution is 2.22. The summed E-state index contributed by atoms with van der Waals surface area (Å²) in [5.41, 5.74) is 7.27. The van der Waals surface area contributed by atoms with Gasteiger partial charge in [0.1, 0.15) is 12.1 Å². The number of nitrogens with one attached hydrogen (secondary N) is 2. The van der Waals surface area contributed by atoms with Crippen LogP contribution in [0.5, 0.6) is 0 Å². The molecule has 0 aliphatic carbocycles. The molecule has 0 atom stereocenters. The molecule has 0 saturated heterocycles. The zero-order valence-electron chi connectivity index (χ0n) is 13.9. The fourth-order valence-corrected chi connectivity index (χ4v) is 3.53. The van der Waals surface area contributed by atoms with Gasteiger partial charge < -0.3 is 4.42 Å². The van der Waals surface area contributed by atoms with Crippen molar-refractivity contribution < 1.29 is 4.42 Å². The van der Waals surface area contributed by atoms with Gasteiger partial charge in [0.25, 0.3) is 0 Å². The normalized spacial score (nSPS) is 16.1. The van der Waals surface area contributed by atoms with Gasteiger partial charge in [-0.15, -0.1) is 0 Å². The first-order chi connectivity index (χ1) is 12.2. The number of H-pyrrole nitrogens is 1. The van der Waals surface area contributed by atoms with E-state index in [0.29, 0.717) is 12.5 Å². The minimum absolute atomic E-state index is 0.507. The molecule has 0 amide bonds. The predicted octanol–water partition coefficient (Wildman–Crippen LogP) is 2.40. The van der Waals surface area contributed by atoms with Gasteiger partial charge in [-0.25, -0.2) is 5.10 Å².